The van der Waals surface area contributed by atoms with Crippen LogP contribution in [-0.2, 0) is 9.59 Å². The van der Waals surface area contributed by atoms with Crippen molar-refractivity contribution in [1.29, 1.82) is 0 Å². The number of fused-ring (bicyclic) bond motifs is 1. The van der Waals surface area contributed by atoms with Gasteiger partial charge in [-0.1, -0.05) is 24.6 Å². The molecule has 136 valence electrons. The highest BCUT2D eigenvalue weighted by Gasteiger charge is 2.25. The van der Waals surface area contributed by atoms with Crippen molar-refractivity contribution < 1.29 is 19.1 Å². The number of amides is 2. The van der Waals surface area contributed by atoms with Gasteiger partial charge in [-0.05, 0) is 37.3 Å². The van der Waals surface area contributed by atoms with Crippen molar-refractivity contribution in [3.63, 3.8) is 0 Å². The second kappa shape index (κ2) is 7.91. The number of anilines is 2. The summed E-state index contributed by atoms with van der Waals surface area (Å²) >= 11 is 0. The van der Waals surface area contributed by atoms with Crippen LogP contribution >= 0.6 is 0 Å². The van der Waals surface area contributed by atoms with E-state index in [9.17, 15) is 9.59 Å². The van der Waals surface area contributed by atoms with Gasteiger partial charge in [0, 0.05) is 12.1 Å². The molecule has 1 aliphatic heterocycles. The van der Waals surface area contributed by atoms with Gasteiger partial charge in [0.1, 0.15) is 18.1 Å². The standard InChI is InChI=1S/C20H22N2O4/c1-3-19(23)21-15-6-9-18-17(12-15)22(20(24)13-26-18)10-11-25-16-7-4-14(2)5-8-16/h4-9,12H,3,10-11,13H2,1-2H3,(H,21,23). The van der Waals surface area contributed by atoms with E-state index in [1.54, 1.807) is 30.0 Å². The van der Waals surface area contributed by atoms with Crippen LogP contribution in [0.2, 0.25) is 0 Å². The van der Waals surface area contributed by atoms with Crippen molar-refractivity contribution in [3.05, 3.63) is 48.0 Å². The van der Waals surface area contributed by atoms with Gasteiger partial charge in [0.2, 0.25) is 5.91 Å². The van der Waals surface area contributed by atoms with Crippen molar-refractivity contribution in [2.75, 3.05) is 30.0 Å². The average Bonchev–Trinajstić information content (AvgIpc) is 2.65. The number of aryl methyl sites for hydroxylation is 1. The third kappa shape index (κ3) is 4.14. The minimum atomic E-state index is -0.135. The van der Waals surface area contributed by atoms with Crippen LogP contribution in [0.4, 0.5) is 11.4 Å². The van der Waals surface area contributed by atoms with Crippen LogP contribution in [0.1, 0.15) is 18.9 Å². The monoisotopic (exact) mass is 354 g/mol. The first kappa shape index (κ1) is 17.8. The van der Waals surface area contributed by atoms with Gasteiger partial charge in [-0.2, -0.15) is 0 Å². The Kier molecular flexibility index (Phi) is 5.41. The normalized spacial score (nSPS) is 13.0. The van der Waals surface area contributed by atoms with Crippen molar-refractivity contribution in [1.82, 2.24) is 0 Å². The summed E-state index contributed by atoms with van der Waals surface area (Å²) in [4.78, 5) is 25.5. The highest BCUT2D eigenvalue weighted by Crippen LogP contribution is 2.34. The van der Waals surface area contributed by atoms with Crippen LogP contribution in [0.15, 0.2) is 42.5 Å². The molecule has 0 aliphatic carbocycles. The number of carbonyl (C=O) groups is 2. The SMILES string of the molecule is CCC(=O)Nc1ccc2c(c1)N(CCOc1ccc(C)cc1)C(=O)CO2. The lowest BCUT2D eigenvalue weighted by Gasteiger charge is -2.29. The number of carbonyl (C=O) groups excluding carboxylic acids is 2. The molecule has 0 bridgehead atoms. The molecule has 2 aromatic carbocycles. The molecule has 2 amide bonds. The van der Waals surface area contributed by atoms with Crippen LogP contribution in [0.5, 0.6) is 11.5 Å². The van der Waals surface area contributed by atoms with E-state index in [-0.39, 0.29) is 18.4 Å². The maximum absolute atomic E-state index is 12.3. The maximum atomic E-state index is 12.3. The number of hydrogen-bond donors (Lipinski definition) is 1. The Morgan fingerprint density at radius 1 is 1.23 bits per heavy atom. The number of rotatable bonds is 6. The van der Waals surface area contributed by atoms with E-state index < -0.39 is 0 Å². The summed E-state index contributed by atoms with van der Waals surface area (Å²) in [5.41, 5.74) is 2.44. The number of ether oxygens (including phenoxy) is 2. The third-order valence-corrected chi connectivity index (χ3v) is 4.11. The van der Waals surface area contributed by atoms with Gasteiger partial charge in [0.15, 0.2) is 6.61 Å². The molecule has 26 heavy (non-hydrogen) atoms. The van der Waals surface area contributed by atoms with Gasteiger partial charge in [-0.25, -0.2) is 0 Å². The molecule has 1 N–H and O–H groups in total. The smallest absolute Gasteiger partial charge is 0.265 e. The number of benzene rings is 2. The van der Waals surface area contributed by atoms with Crippen LogP contribution in [0, 0.1) is 6.92 Å². The predicted molar refractivity (Wildman–Crippen MR) is 99.9 cm³/mol. The lowest BCUT2D eigenvalue weighted by molar-refractivity contribution is -0.121. The van der Waals surface area contributed by atoms with E-state index in [0.29, 0.717) is 36.7 Å². The Labute approximate surface area is 152 Å². The Morgan fingerprint density at radius 2 is 2.00 bits per heavy atom. The zero-order chi connectivity index (χ0) is 18.5. The number of hydrogen-bond acceptors (Lipinski definition) is 4. The topological polar surface area (TPSA) is 67.9 Å². The lowest BCUT2D eigenvalue weighted by Crippen LogP contribution is -2.41. The minimum Gasteiger partial charge on any atom is -0.492 e. The maximum Gasteiger partial charge on any atom is 0.265 e. The zero-order valence-electron chi connectivity index (χ0n) is 15.0. The van der Waals surface area contributed by atoms with Gasteiger partial charge in [-0.3, -0.25) is 9.59 Å². The second-order valence-electron chi connectivity index (χ2n) is 6.08. The molecule has 0 saturated carbocycles. The van der Waals surface area contributed by atoms with Crippen molar-refractivity contribution in [2.45, 2.75) is 20.3 Å². The lowest BCUT2D eigenvalue weighted by atomic mass is 10.2. The molecule has 0 aromatic heterocycles. The first-order chi connectivity index (χ1) is 12.6. The largest absolute Gasteiger partial charge is 0.492 e. The summed E-state index contributed by atoms with van der Waals surface area (Å²) in [6.45, 7) is 4.56. The summed E-state index contributed by atoms with van der Waals surface area (Å²) in [5.74, 6) is 1.17. The van der Waals surface area contributed by atoms with Crippen molar-refractivity contribution in [2.24, 2.45) is 0 Å². The van der Waals surface area contributed by atoms with Gasteiger partial charge in [-0.15, -0.1) is 0 Å². The Hall–Kier alpha value is -3.02. The quantitative estimate of drug-likeness (QED) is 0.865. The van der Waals surface area contributed by atoms with E-state index >= 15 is 0 Å². The fourth-order valence-electron chi connectivity index (χ4n) is 2.66. The molecule has 0 radical (unpaired) electrons. The Morgan fingerprint density at radius 3 is 2.73 bits per heavy atom. The summed E-state index contributed by atoms with van der Waals surface area (Å²) in [6.07, 6.45) is 0.390. The summed E-state index contributed by atoms with van der Waals surface area (Å²) < 4.78 is 11.2. The van der Waals surface area contributed by atoms with Gasteiger partial charge in [0.05, 0.1) is 12.2 Å². The van der Waals surface area contributed by atoms with E-state index in [0.717, 1.165) is 11.3 Å². The van der Waals surface area contributed by atoms with E-state index in [1.807, 2.05) is 31.2 Å². The fraction of sp³-hybridized carbons (Fsp3) is 0.300. The Bertz CT molecular complexity index is 802. The molecule has 0 unspecified atom stereocenters. The molecule has 1 aliphatic rings. The molecule has 0 spiro atoms. The molecule has 6 nitrogen and oxygen atoms in total. The molecule has 1 heterocycles. The molecule has 6 heteroatoms. The van der Waals surface area contributed by atoms with Crippen LogP contribution in [0.3, 0.4) is 0 Å². The van der Waals surface area contributed by atoms with Crippen LogP contribution in [-0.4, -0.2) is 31.6 Å². The molecular formula is C20H22N2O4. The van der Waals surface area contributed by atoms with Crippen molar-refractivity contribution >= 4 is 23.2 Å². The van der Waals surface area contributed by atoms with E-state index in [2.05, 4.69) is 5.32 Å². The molecular weight excluding hydrogens is 332 g/mol. The number of nitrogens with one attached hydrogen (secondary N) is 1. The first-order valence-corrected chi connectivity index (χ1v) is 8.63. The molecule has 3 rings (SSSR count). The zero-order valence-corrected chi connectivity index (χ0v) is 15.0. The first-order valence-electron chi connectivity index (χ1n) is 8.63. The predicted octanol–water partition coefficient (Wildman–Crippen LogP) is 3.15. The van der Waals surface area contributed by atoms with Crippen LogP contribution in [0.25, 0.3) is 0 Å². The summed E-state index contributed by atoms with van der Waals surface area (Å²) in [7, 11) is 0. The van der Waals surface area contributed by atoms with Gasteiger partial charge < -0.3 is 19.7 Å². The van der Waals surface area contributed by atoms with Crippen LogP contribution < -0.4 is 19.7 Å². The average molecular weight is 354 g/mol. The highest BCUT2D eigenvalue weighted by molar-refractivity contribution is 5.99. The fourth-order valence-corrected chi connectivity index (χ4v) is 2.66. The molecule has 0 atom stereocenters. The van der Waals surface area contributed by atoms with Gasteiger partial charge >= 0.3 is 0 Å². The molecule has 0 fully saturated rings. The Balaban J connectivity index is 1.71. The summed E-state index contributed by atoms with van der Waals surface area (Å²) in [6, 6.07) is 13.1. The van der Waals surface area contributed by atoms with E-state index in [4.69, 9.17) is 9.47 Å². The summed E-state index contributed by atoms with van der Waals surface area (Å²) in [5, 5.41) is 2.80. The van der Waals surface area contributed by atoms with Crippen molar-refractivity contribution in [3.8, 4) is 11.5 Å². The van der Waals surface area contributed by atoms with E-state index in [1.165, 1.54) is 0 Å². The molecule has 0 saturated heterocycles. The number of nitrogens with zero attached hydrogens (tertiary/aromatic N) is 1. The van der Waals surface area contributed by atoms with Gasteiger partial charge in [0.25, 0.3) is 5.91 Å². The molecule has 2 aromatic rings. The third-order valence-electron chi connectivity index (χ3n) is 4.11. The second-order valence-corrected chi connectivity index (χ2v) is 6.08. The highest BCUT2D eigenvalue weighted by atomic mass is 16.5. The minimum absolute atomic E-state index is 0.00179.